The van der Waals surface area contributed by atoms with Gasteiger partial charge in [-0.25, -0.2) is 0 Å². The normalized spacial score (nSPS) is 21.9. The molecule has 2 fully saturated rings. The smallest absolute Gasteiger partial charge is 0.121 e. The van der Waals surface area contributed by atoms with Gasteiger partial charge in [-0.15, -0.1) is 0 Å². The van der Waals surface area contributed by atoms with Crippen molar-refractivity contribution in [2.45, 2.75) is 80.9 Å². The third kappa shape index (κ3) is 3.24. The van der Waals surface area contributed by atoms with Gasteiger partial charge in [-0.05, 0) is 31.2 Å². The fraction of sp³-hybridized carbons (Fsp3) is 0.684. The maximum atomic E-state index is 14.5. The predicted molar refractivity (Wildman–Crippen MR) is 100 cm³/mol. The summed E-state index contributed by atoms with van der Waals surface area (Å²) in [5.41, 5.74) is 2.16. The summed E-state index contributed by atoms with van der Waals surface area (Å²) in [4.78, 5) is 0. The van der Waals surface area contributed by atoms with Crippen LogP contribution in [0.4, 0.5) is 0 Å². The van der Waals surface area contributed by atoms with E-state index in [1.807, 2.05) is 0 Å². The largest absolute Gasteiger partial charge is 0.318 e. The second kappa shape index (κ2) is 7.67. The van der Waals surface area contributed by atoms with Crippen LogP contribution in [-0.4, -0.2) is 11.3 Å². The van der Waals surface area contributed by atoms with E-state index < -0.39 is 7.14 Å². The van der Waals surface area contributed by atoms with Gasteiger partial charge in [0.1, 0.15) is 7.14 Å². The molecule has 0 aliphatic heterocycles. The van der Waals surface area contributed by atoms with Gasteiger partial charge in [0.2, 0.25) is 0 Å². The van der Waals surface area contributed by atoms with E-state index >= 15 is 0 Å². The highest BCUT2D eigenvalue weighted by molar-refractivity contribution is 9.08. The third-order valence-electron chi connectivity index (χ3n) is 5.75. The van der Waals surface area contributed by atoms with E-state index in [-0.39, 0.29) is 0 Å². The highest BCUT2D eigenvalue weighted by Gasteiger charge is 2.43. The van der Waals surface area contributed by atoms with Gasteiger partial charge in [-0.3, -0.25) is 0 Å². The van der Waals surface area contributed by atoms with Gasteiger partial charge in [0, 0.05) is 22.0 Å². The molecule has 1 nitrogen and oxygen atoms in total. The Morgan fingerprint density at radius 3 is 1.86 bits per heavy atom. The van der Waals surface area contributed by atoms with Crippen molar-refractivity contribution in [3.63, 3.8) is 0 Å². The number of hydrogen-bond donors (Lipinski definition) is 0. The van der Waals surface area contributed by atoms with Crippen molar-refractivity contribution in [3.8, 4) is 0 Å². The molecule has 0 radical (unpaired) electrons. The second-order valence-corrected chi connectivity index (χ2v) is 11.0. The minimum atomic E-state index is -2.31. The highest BCUT2D eigenvalue weighted by Crippen LogP contribution is 2.62. The van der Waals surface area contributed by atoms with E-state index in [1.165, 1.54) is 75.1 Å². The van der Waals surface area contributed by atoms with Crippen LogP contribution >= 0.6 is 23.1 Å². The monoisotopic (exact) mass is 382 g/mol. The zero-order valence-corrected chi connectivity index (χ0v) is 16.0. The Bertz CT molecular complexity index is 508. The van der Waals surface area contributed by atoms with E-state index in [1.54, 1.807) is 0 Å². The zero-order chi connectivity index (χ0) is 15.4. The molecule has 0 spiro atoms. The van der Waals surface area contributed by atoms with Crippen LogP contribution in [0.2, 0.25) is 0 Å². The molecular formula is C19H28BrOP. The summed E-state index contributed by atoms with van der Waals surface area (Å²) in [6, 6.07) is 8.54. The average molecular weight is 383 g/mol. The SMILES string of the molecule is O=P(c1ccccc1CBr)(C1CCCCC1)C1CCCCC1. The molecule has 0 bridgehead atoms. The summed E-state index contributed by atoms with van der Waals surface area (Å²) in [7, 11) is -2.31. The van der Waals surface area contributed by atoms with Crippen LogP contribution < -0.4 is 5.30 Å². The molecule has 2 saturated carbocycles. The van der Waals surface area contributed by atoms with Crippen molar-refractivity contribution in [2.75, 3.05) is 0 Å². The van der Waals surface area contributed by atoms with E-state index in [4.69, 9.17) is 0 Å². The van der Waals surface area contributed by atoms with Crippen LogP contribution in [0.25, 0.3) is 0 Å². The molecule has 0 amide bonds. The summed E-state index contributed by atoms with van der Waals surface area (Å²) >= 11 is 3.63. The maximum absolute atomic E-state index is 14.5. The van der Waals surface area contributed by atoms with E-state index in [0.29, 0.717) is 11.3 Å². The first-order chi connectivity index (χ1) is 10.8. The van der Waals surface area contributed by atoms with Crippen molar-refractivity contribution in [1.29, 1.82) is 0 Å². The molecular weight excluding hydrogens is 355 g/mol. The van der Waals surface area contributed by atoms with Gasteiger partial charge < -0.3 is 4.57 Å². The van der Waals surface area contributed by atoms with Crippen molar-refractivity contribution in [3.05, 3.63) is 29.8 Å². The van der Waals surface area contributed by atoms with Crippen LogP contribution in [0.5, 0.6) is 0 Å². The van der Waals surface area contributed by atoms with E-state index in [2.05, 4.69) is 40.2 Å². The first-order valence-corrected chi connectivity index (χ1v) is 12.0. The molecule has 0 unspecified atom stereocenters. The Morgan fingerprint density at radius 2 is 1.36 bits per heavy atom. The minimum Gasteiger partial charge on any atom is -0.318 e. The third-order valence-corrected chi connectivity index (χ3v) is 10.7. The minimum absolute atomic E-state index is 0.449. The lowest BCUT2D eigenvalue weighted by Gasteiger charge is -2.39. The maximum Gasteiger partial charge on any atom is 0.121 e. The van der Waals surface area contributed by atoms with Gasteiger partial charge in [0.25, 0.3) is 0 Å². The first-order valence-electron chi connectivity index (χ1n) is 9.00. The standard InChI is InChI=1S/C19H28BrOP/c20-15-16-9-7-8-14-19(16)22(21,17-10-3-1-4-11-17)18-12-5-2-6-13-18/h7-9,14,17-18H,1-6,10-13,15H2. The summed E-state index contributed by atoms with van der Waals surface area (Å²) in [5, 5.41) is 2.04. The molecule has 2 aliphatic rings. The number of hydrogen-bond acceptors (Lipinski definition) is 1. The lowest BCUT2D eigenvalue weighted by Crippen LogP contribution is -2.31. The van der Waals surface area contributed by atoms with Gasteiger partial charge in [-0.1, -0.05) is 78.7 Å². The average Bonchev–Trinajstić information content (AvgIpc) is 2.62. The Hall–Kier alpha value is -0.0700. The Labute approximate surface area is 143 Å². The molecule has 0 N–H and O–H groups in total. The van der Waals surface area contributed by atoms with E-state index in [9.17, 15) is 4.57 Å². The molecule has 3 heteroatoms. The lowest BCUT2D eigenvalue weighted by molar-refractivity contribution is 0.452. The molecule has 3 rings (SSSR count). The molecule has 2 aliphatic carbocycles. The van der Waals surface area contributed by atoms with Crippen molar-refractivity contribution < 1.29 is 4.57 Å². The number of rotatable bonds is 4. The Kier molecular flexibility index (Phi) is 5.85. The van der Waals surface area contributed by atoms with Crippen LogP contribution in [0.15, 0.2) is 24.3 Å². The van der Waals surface area contributed by atoms with Crippen molar-refractivity contribution in [1.82, 2.24) is 0 Å². The zero-order valence-electron chi connectivity index (χ0n) is 13.5. The molecule has 22 heavy (non-hydrogen) atoms. The van der Waals surface area contributed by atoms with Crippen LogP contribution in [0.1, 0.15) is 69.8 Å². The molecule has 0 aromatic heterocycles. The summed E-state index contributed by atoms with van der Waals surface area (Å²) in [6.07, 6.45) is 12.5. The number of benzene rings is 1. The number of alkyl halides is 1. The highest BCUT2D eigenvalue weighted by atomic mass is 79.9. The lowest BCUT2D eigenvalue weighted by atomic mass is 9.99. The molecule has 0 saturated heterocycles. The fourth-order valence-corrected chi connectivity index (χ4v) is 9.86. The van der Waals surface area contributed by atoms with Crippen molar-refractivity contribution >= 4 is 28.4 Å². The molecule has 1 aromatic rings. The van der Waals surface area contributed by atoms with Crippen LogP contribution in [0.3, 0.4) is 0 Å². The van der Waals surface area contributed by atoms with Gasteiger partial charge in [-0.2, -0.15) is 0 Å². The van der Waals surface area contributed by atoms with Gasteiger partial charge >= 0.3 is 0 Å². The summed E-state index contributed by atoms with van der Waals surface area (Å²) in [5.74, 6) is 0. The van der Waals surface area contributed by atoms with Crippen LogP contribution in [0, 0.1) is 0 Å². The summed E-state index contributed by atoms with van der Waals surface area (Å²) < 4.78 is 14.5. The topological polar surface area (TPSA) is 17.1 Å². The predicted octanol–water partition coefficient (Wildman–Crippen LogP) is 6.24. The molecule has 122 valence electrons. The van der Waals surface area contributed by atoms with E-state index in [0.717, 1.165) is 5.33 Å². The summed E-state index contributed by atoms with van der Waals surface area (Å²) in [6.45, 7) is 0. The van der Waals surface area contributed by atoms with Crippen LogP contribution in [-0.2, 0) is 9.90 Å². The first kappa shape index (κ1) is 16.8. The van der Waals surface area contributed by atoms with Crippen molar-refractivity contribution in [2.24, 2.45) is 0 Å². The molecule has 1 aromatic carbocycles. The number of halogens is 1. The van der Waals surface area contributed by atoms with Gasteiger partial charge in [0.05, 0.1) is 0 Å². The van der Waals surface area contributed by atoms with Gasteiger partial charge in [0.15, 0.2) is 0 Å². The Morgan fingerprint density at radius 1 is 0.864 bits per heavy atom. The fourth-order valence-electron chi connectivity index (χ4n) is 4.59. The second-order valence-electron chi connectivity index (χ2n) is 7.06. The molecule has 0 heterocycles. The Balaban J connectivity index is 2.03. The quantitative estimate of drug-likeness (QED) is 0.445. The molecule has 0 atom stereocenters.